The van der Waals surface area contributed by atoms with Crippen molar-refractivity contribution in [2.24, 2.45) is 11.7 Å². The van der Waals surface area contributed by atoms with E-state index in [-0.39, 0.29) is 12.1 Å². The lowest BCUT2D eigenvalue weighted by molar-refractivity contribution is 0.109. The van der Waals surface area contributed by atoms with Gasteiger partial charge in [-0.3, -0.25) is 0 Å². The number of methoxy groups -OCH3 is 1. The molecule has 1 aromatic heterocycles. The molecule has 0 amide bonds. The maximum Gasteiger partial charge on any atom is 0.243 e. The lowest BCUT2D eigenvalue weighted by atomic mass is 10.0. The SMILES string of the molecule is CCC(C)[C@H](N)c1nc(C(C)OC)no1. The lowest BCUT2D eigenvalue weighted by Crippen LogP contribution is -2.19. The first-order valence-electron chi connectivity index (χ1n) is 5.22. The summed E-state index contributed by atoms with van der Waals surface area (Å²) in [4.78, 5) is 4.22. The number of hydrogen-bond acceptors (Lipinski definition) is 5. The van der Waals surface area contributed by atoms with Crippen LogP contribution in [0.2, 0.25) is 0 Å². The molecule has 0 saturated heterocycles. The number of nitrogens with zero attached hydrogens (tertiary/aromatic N) is 2. The van der Waals surface area contributed by atoms with Gasteiger partial charge in [0.15, 0.2) is 5.82 Å². The predicted octanol–water partition coefficient (Wildman–Crippen LogP) is 1.82. The fourth-order valence-corrected chi connectivity index (χ4v) is 1.15. The molecule has 0 radical (unpaired) electrons. The maximum atomic E-state index is 5.97. The molecule has 1 heterocycles. The summed E-state index contributed by atoms with van der Waals surface area (Å²) in [5.74, 6) is 1.37. The van der Waals surface area contributed by atoms with Gasteiger partial charge in [-0.15, -0.1) is 0 Å². The standard InChI is InChI=1S/C10H19N3O2/c1-5-6(2)8(11)10-12-9(13-15-10)7(3)14-4/h6-8H,5,11H2,1-4H3/t6?,7?,8-/m0/s1. The van der Waals surface area contributed by atoms with Crippen molar-refractivity contribution in [1.29, 1.82) is 0 Å². The fourth-order valence-electron chi connectivity index (χ4n) is 1.15. The molecule has 0 saturated carbocycles. The number of ether oxygens (including phenoxy) is 1. The Morgan fingerprint density at radius 3 is 2.67 bits per heavy atom. The Balaban J connectivity index is 2.75. The first-order chi connectivity index (χ1) is 7.10. The van der Waals surface area contributed by atoms with Crippen LogP contribution in [0.4, 0.5) is 0 Å². The van der Waals surface area contributed by atoms with Crippen molar-refractivity contribution in [3.63, 3.8) is 0 Å². The molecule has 5 heteroatoms. The third-order valence-electron chi connectivity index (χ3n) is 2.72. The van der Waals surface area contributed by atoms with Crippen molar-refractivity contribution in [2.45, 2.75) is 39.3 Å². The van der Waals surface area contributed by atoms with Gasteiger partial charge in [-0.2, -0.15) is 4.98 Å². The lowest BCUT2D eigenvalue weighted by Gasteiger charge is -2.13. The molecule has 2 unspecified atom stereocenters. The van der Waals surface area contributed by atoms with Crippen LogP contribution < -0.4 is 5.73 Å². The Morgan fingerprint density at radius 2 is 2.13 bits per heavy atom. The Hall–Kier alpha value is -0.940. The van der Waals surface area contributed by atoms with E-state index in [1.54, 1.807) is 7.11 Å². The summed E-state index contributed by atoms with van der Waals surface area (Å²) in [5, 5.41) is 3.83. The van der Waals surface area contributed by atoms with E-state index in [9.17, 15) is 0 Å². The average Bonchev–Trinajstić information content (AvgIpc) is 2.75. The van der Waals surface area contributed by atoms with Gasteiger partial charge in [0.05, 0.1) is 6.04 Å². The normalized spacial score (nSPS) is 17.4. The molecule has 0 aromatic carbocycles. The largest absolute Gasteiger partial charge is 0.374 e. The third-order valence-corrected chi connectivity index (χ3v) is 2.72. The number of aromatic nitrogens is 2. The Kier molecular flexibility index (Phi) is 4.23. The summed E-state index contributed by atoms with van der Waals surface area (Å²) >= 11 is 0. The van der Waals surface area contributed by atoms with Crippen LogP contribution >= 0.6 is 0 Å². The smallest absolute Gasteiger partial charge is 0.243 e. The second-order valence-corrected chi connectivity index (χ2v) is 3.78. The maximum absolute atomic E-state index is 5.97. The molecule has 86 valence electrons. The van der Waals surface area contributed by atoms with Crippen molar-refractivity contribution in [1.82, 2.24) is 10.1 Å². The van der Waals surface area contributed by atoms with E-state index in [2.05, 4.69) is 24.0 Å². The summed E-state index contributed by atoms with van der Waals surface area (Å²) in [6.45, 7) is 6.01. The minimum absolute atomic E-state index is 0.161. The molecule has 0 fully saturated rings. The molecular formula is C10H19N3O2. The molecule has 1 aromatic rings. The van der Waals surface area contributed by atoms with Crippen molar-refractivity contribution in [3.8, 4) is 0 Å². The first-order valence-corrected chi connectivity index (χ1v) is 5.22. The van der Waals surface area contributed by atoms with Gasteiger partial charge in [0.1, 0.15) is 6.10 Å². The Morgan fingerprint density at radius 1 is 1.47 bits per heavy atom. The second-order valence-electron chi connectivity index (χ2n) is 3.78. The highest BCUT2D eigenvalue weighted by Crippen LogP contribution is 2.21. The van der Waals surface area contributed by atoms with Crippen LogP contribution in [-0.2, 0) is 4.74 Å². The quantitative estimate of drug-likeness (QED) is 0.807. The van der Waals surface area contributed by atoms with Crippen molar-refractivity contribution < 1.29 is 9.26 Å². The van der Waals surface area contributed by atoms with Crippen molar-refractivity contribution in [3.05, 3.63) is 11.7 Å². The van der Waals surface area contributed by atoms with E-state index < -0.39 is 0 Å². The molecule has 0 bridgehead atoms. The summed E-state index contributed by atoms with van der Waals surface area (Å²) in [5.41, 5.74) is 5.97. The van der Waals surface area contributed by atoms with E-state index in [1.165, 1.54) is 0 Å². The number of hydrogen-bond donors (Lipinski definition) is 1. The van der Waals surface area contributed by atoms with Crippen LogP contribution in [0.25, 0.3) is 0 Å². The van der Waals surface area contributed by atoms with Crippen LogP contribution in [0.3, 0.4) is 0 Å². The minimum atomic E-state index is -0.194. The van der Waals surface area contributed by atoms with Crippen molar-refractivity contribution >= 4 is 0 Å². The topological polar surface area (TPSA) is 74.2 Å². The fraction of sp³-hybridized carbons (Fsp3) is 0.800. The average molecular weight is 213 g/mol. The minimum Gasteiger partial charge on any atom is -0.374 e. The van der Waals surface area contributed by atoms with E-state index in [0.717, 1.165) is 6.42 Å². The summed E-state index contributed by atoms with van der Waals surface area (Å²) < 4.78 is 10.2. The second kappa shape index (κ2) is 5.23. The summed E-state index contributed by atoms with van der Waals surface area (Å²) in [7, 11) is 1.61. The van der Waals surface area contributed by atoms with E-state index in [0.29, 0.717) is 17.6 Å². The van der Waals surface area contributed by atoms with E-state index in [1.807, 2.05) is 6.92 Å². The zero-order chi connectivity index (χ0) is 11.4. The molecule has 2 N–H and O–H groups in total. The highest BCUT2D eigenvalue weighted by Gasteiger charge is 2.21. The number of nitrogens with two attached hydrogens (primary N) is 1. The van der Waals surface area contributed by atoms with Crippen LogP contribution in [-0.4, -0.2) is 17.3 Å². The molecule has 0 aliphatic heterocycles. The van der Waals surface area contributed by atoms with Crippen LogP contribution in [0.1, 0.15) is 51.1 Å². The highest BCUT2D eigenvalue weighted by atomic mass is 16.5. The molecule has 0 aliphatic rings. The monoisotopic (exact) mass is 213 g/mol. The first kappa shape index (κ1) is 12.1. The predicted molar refractivity (Wildman–Crippen MR) is 56.1 cm³/mol. The molecule has 0 spiro atoms. The molecule has 1 rings (SSSR count). The Labute approximate surface area is 90.0 Å². The zero-order valence-electron chi connectivity index (χ0n) is 9.73. The van der Waals surface area contributed by atoms with Crippen LogP contribution in [0, 0.1) is 5.92 Å². The van der Waals surface area contributed by atoms with Crippen molar-refractivity contribution in [2.75, 3.05) is 7.11 Å². The van der Waals surface area contributed by atoms with Crippen LogP contribution in [0.15, 0.2) is 4.52 Å². The number of rotatable bonds is 5. The van der Waals surface area contributed by atoms with E-state index in [4.69, 9.17) is 15.0 Å². The Bertz CT molecular complexity index is 301. The van der Waals surface area contributed by atoms with Gasteiger partial charge in [-0.25, -0.2) is 0 Å². The van der Waals surface area contributed by atoms with Gasteiger partial charge in [-0.1, -0.05) is 25.4 Å². The van der Waals surface area contributed by atoms with Gasteiger partial charge >= 0.3 is 0 Å². The zero-order valence-corrected chi connectivity index (χ0v) is 9.73. The molecule has 5 nitrogen and oxygen atoms in total. The van der Waals surface area contributed by atoms with E-state index >= 15 is 0 Å². The molecule has 0 aliphatic carbocycles. The molecular weight excluding hydrogens is 194 g/mol. The molecule has 3 atom stereocenters. The van der Waals surface area contributed by atoms with Gasteiger partial charge in [-0.05, 0) is 12.8 Å². The summed E-state index contributed by atoms with van der Waals surface area (Å²) in [6, 6.07) is -0.194. The third kappa shape index (κ3) is 2.76. The van der Waals surface area contributed by atoms with Gasteiger partial charge < -0.3 is 15.0 Å². The van der Waals surface area contributed by atoms with Crippen LogP contribution in [0.5, 0.6) is 0 Å². The van der Waals surface area contributed by atoms with Gasteiger partial charge in [0.25, 0.3) is 0 Å². The van der Waals surface area contributed by atoms with Gasteiger partial charge in [0, 0.05) is 7.11 Å². The van der Waals surface area contributed by atoms with Gasteiger partial charge in [0.2, 0.25) is 5.89 Å². The highest BCUT2D eigenvalue weighted by molar-refractivity contribution is 4.95. The molecule has 15 heavy (non-hydrogen) atoms. The summed E-state index contributed by atoms with van der Waals surface area (Å²) in [6.07, 6.45) is 0.824.